The lowest BCUT2D eigenvalue weighted by Gasteiger charge is -2.12. The Morgan fingerprint density at radius 3 is 2.63 bits per heavy atom. The van der Waals surface area contributed by atoms with Gasteiger partial charge in [-0.1, -0.05) is 17.7 Å². The van der Waals surface area contributed by atoms with Gasteiger partial charge in [-0.3, -0.25) is 14.9 Å². The van der Waals surface area contributed by atoms with E-state index < -0.39 is 27.8 Å². The standard InChI is InChI=1S/C20H11ClFN3O5/c1-10-7-12(14(9-23)19(26)24-10)13-8-11(25(28)29)5-6-17(13)30-20(27)18-15(21)3-2-4-16(18)22/h2-8H,1H3,(H,24,26). The smallest absolute Gasteiger partial charge is 0.348 e. The molecule has 0 aliphatic carbocycles. The van der Waals surface area contributed by atoms with Crippen molar-refractivity contribution in [3.05, 3.63) is 90.6 Å². The van der Waals surface area contributed by atoms with Crippen LogP contribution in [0.25, 0.3) is 11.1 Å². The number of rotatable bonds is 4. The number of aromatic nitrogens is 1. The number of nitrogens with zero attached hydrogens (tertiary/aromatic N) is 2. The van der Waals surface area contributed by atoms with Gasteiger partial charge in [-0.15, -0.1) is 0 Å². The van der Waals surface area contributed by atoms with Crippen LogP contribution in [0, 0.1) is 34.2 Å². The Hall–Kier alpha value is -4.03. The van der Waals surface area contributed by atoms with Crippen LogP contribution in [-0.2, 0) is 0 Å². The van der Waals surface area contributed by atoms with Crippen molar-refractivity contribution in [3.8, 4) is 22.9 Å². The molecule has 0 aliphatic rings. The van der Waals surface area contributed by atoms with E-state index in [4.69, 9.17) is 16.3 Å². The Bertz CT molecular complexity index is 1280. The van der Waals surface area contributed by atoms with Crippen molar-refractivity contribution in [3.63, 3.8) is 0 Å². The number of benzene rings is 2. The maximum absolute atomic E-state index is 14.1. The van der Waals surface area contributed by atoms with E-state index in [1.165, 1.54) is 18.2 Å². The molecule has 0 unspecified atom stereocenters. The molecule has 0 atom stereocenters. The number of nitro benzene ring substituents is 1. The molecule has 0 amide bonds. The SMILES string of the molecule is Cc1cc(-c2cc([N+](=O)[O-])ccc2OC(=O)c2c(F)cccc2Cl)c(C#N)c(=O)[nH]1. The lowest BCUT2D eigenvalue weighted by atomic mass is 9.99. The molecule has 3 rings (SSSR count). The van der Waals surface area contributed by atoms with Gasteiger partial charge < -0.3 is 9.72 Å². The number of hydrogen-bond donors (Lipinski definition) is 1. The third-order valence-corrected chi connectivity index (χ3v) is 4.43. The van der Waals surface area contributed by atoms with Crippen LogP contribution < -0.4 is 10.3 Å². The van der Waals surface area contributed by atoms with E-state index in [1.54, 1.807) is 13.0 Å². The number of carbonyl (C=O) groups excluding carboxylic acids is 1. The summed E-state index contributed by atoms with van der Waals surface area (Å²) in [7, 11) is 0. The summed E-state index contributed by atoms with van der Waals surface area (Å²) in [6, 6.07) is 10.0. The lowest BCUT2D eigenvalue weighted by molar-refractivity contribution is -0.384. The minimum absolute atomic E-state index is 0.0184. The van der Waals surface area contributed by atoms with E-state index >= 15 is 0 Å². The zero-order valence-electron chi connectivity index (χ0n) is 15.2. The number of halogens is 2. The zero-order valence-corrected chi connectivity index (χ0v) is 16.0. The quantitative estimate of drug-likeness (QED) is 0.288. The van der Waals surface area contributed by atoms with Crippen molar-refractivity contribution in [1.82, 2.24) is 4.98 Å². The van der Waals surface area contributed by atoms with Gasteiger partial charge in [-0.05, 0) is 31.2 Å². The first-order valence-electron chi connectivity index (χ1n) is 8.32. The molecule has 0 radical (unpaired) electrons. The monoisotopic (exact) mass is 427 g/mol. The Balaban J connectivity index is 2.21. The van der Waals surface area contributed by atoms with Crippen molar-refractivity contribution in [1.29, 1.82) is 5.26 Å². The number of ether oxygens (including phenoxy) is 1. The summed E-state index contributed by atoms with van der Waals surface area (Å²) in [4.78, 5) is 37.7. The molecule has 2 aromatic carbocycles. The van der Waals surface area contributed by atoms with E-state index in [-0.39, 0.29) is 33.1 Å². The molecular formula is C20H11ClFN3O5. The minimum atomic E-state index is -1.15. The maximum atomic E-state index is 14.1. The average molecular weight is 428 g/mol. The number of H-pyrrole nitrogens is 1. The van der Waals surface area contributed by atoms with Crippen LogP contribution in [0.5, 0.6) is 5.75 Å². The number of non-ortho nitro benzene ring substituents is 1. The van der Waals surface area contributed by atoms with Crippen LogP contribution in [0.2, 0.25) is 5.02 Å². The largest absolute Gasteiger partial charge is 0.422 e. The predicted molar refractivity (Wildman–Crippen MR) is 105 cm³/mol. The second kappa shape index (κ2) is 8.14. The van der Waals surface area contributed by atoms with Crippen molar-refractivity contribution in [2.24, 2.45) is 0 Å². The Labute approximate surface area is 173 Å². The van der Waals surface area contributed by atoms with Crippen LogP contribution in [0.4, 0.5) is 10.1 Å². The molecule has 0 spiro atoms. The third-order valence-electron chi connectivity index (χ3n) is 4.11. The van der Waals surface area contributed by atoms with Gasteiger partial charge in [0.05, 0.1) is 9.95 Å². The van der Waals surface area contributed by atoms with Crippen molar-refractivity contribution >= 4 is 23.3 Å². The summed E-state index contributed by atoms with van der Waals surface area (Å²) in [6.45, 7) is 1.55. The molecule has 8 nitrogen and oxygen atoms in total. The minimum Gasteiger partial charge on any atom is -0.422 e. The molecule has 0 fully saturated rings. The molecule has 30 heavy (non-hydrogen) atoms. The molecule has 1 N–H and O–H groups in total. The average Bonchev–Trinajstić information content (AvgIpc) is 2.67. The number of aryl methyl sites for hydroxylation is 1. The Kier molecular flexibility index (Phi) is 5.62. The van der Waals surface area contributed by atoms with Gasteiger partial charge in [0, 0.05) is 29.0 Å². The number of nitro groups is 1. The van der Waals surface area contributed by atoms with Crippen LogP contribution in [0.1, 0.15) is 21.6 Å². The lowest BCUT2D eigenvalue weighted by Crippen LogP contribution is -2.15. The molecule has 0 saturated heterocycles. The van der Waals surface area contributed by atoms with Crippen LogP contribution in [0.3, 0.4) is 0 Å². The predicted octanol–water partition coefficient (Wildman–Crippen LogP) is 4.14. The summed E-state index contributed by atoms with van der Waals surface area (Å²) in [5.74, 6) is -2.28. The molecule has 3 aromatic rings. The van der Waals surface area contributed by atoms with E-state index in [0.29, 0.717) is 5.69 Å². The molecule has 0 bridgehead atoms. The number of carbonyl (C=O) groups is 1. The number of hydrogen-bond acceptors (Lipinski definition) is 6. The van der Waals surface area contributed by atoms with E-state index in [9.17, 15) is 29.4 Å². The van der Waals surface area contributed by atoms with Gasteiger partial charge in [0.1, 0.15) is 28.8 Å². The second-order valence-corrected chi connectivity index (χ2v) is 6.51. The summed E-state index contributed by atoms with van der Waals surface area (Å²) in [5, 5.41) is 20.4. The van der Waals surface area contributed by atoms with Gasteiger partial charge in [-0.2, -0.15) is 5.26 Å². The highest BCUT2D eigenvalue weighted by molar-refractivity contribution is 6.33. The number of aromatic amines is 1. The first-order valence-corrected chi connectivity index (χ1v) is 8.69. The van der Waals surface area contributed by atoms with E-state index in [0.717, 1.165) is 24.3 Å². The van der Waals surface area contributed by atoms with Crippen LogP contribution in [0.15, 0.2) is 47.3 Å². The summed E-state index contributed by atoms with van der Waals surface area (Å²) >= 11 is 5.88. The third kappa shape index (κ3) is 3.90. The van der Waals surface area contributed by atoms with Crippen molar-refractivity contribution in [2.45, 2.75) is 6.92 Å². The Morgan fingerprint density at radius 2 is 2.00 bits per heavy atom. The molecule has 0 saturated carbocycles. The fourth-order valence-electron chi connectivity index (χ4n) is 2.79. The molecule has 1 aromatic heterocycles. The zero-order chi connectivity index (χ0) is 22.0. The van der Waals surface area contributed by atoms with Crippen LogP contribution in [-0.4, -0.2) is 15.9 Å². The first kappa shape index (κ1) is 20.7. The summed E-state index contributed by atoms with van der Waals surface area (Å²) < 4.78 is 19.3. The number of esters is 1. The second-order valence-electron chi connectivity index (χ2n) is 6.11. The van der Waals surface area contributed by atoms with Crippen LogP contribution >= 0.6 is 11.6 Å². The first-order chi connectivity index (χ1) is 14.2. The van der Waals surface area contributed by atoms with Gasteiger partial charge in [-0.25, -0.2) is 9.18 Å². The molecule has 150 valence electrons. The maximum Gasteiger partial charge on any atom is 0.348 e. The van der Waals surface area contributed by atoms with E-state index in [2.05, 4.69) is 4.98 Å². The normalized spacial score (nSPS) is 10.3. The number of nitriles is 1. The van der Waals surface area contributed by atoms with E-state index in [1.807, 2.05) is 0 Å². The molecule has 1 heterocycles. The highest BCUT2D eigenvalue weighted by atomic mass is 35.5. The highest BCUT2D eigenvalue weighted by Crippen LogP contribution is 2.35. The van der Waals surface area contributed by atoms with Gasteiger partial charge in [0.25, 0.3) is 11.2 Å². The van der Waals surface area contributed by atoms with Crippen molar-refractivity contribution < 1.29 is 18.8 Å². The topological polar surface area (TPSA) is 126 Å². The number of pyridine rings is 1. The fourth-order valence-corrected chi connectivity index (χ4v) is 3.03. The highest BCUT2D eigenvalue weighted by Gasteiger charge is 2.23. The summed E-state index contributed by atoms with van der Waals surface area (Å²) in [6.07, 6.45) is 0. The van der Waals surface area contributed by atoms with Gasteiger partial charge in [0.15, 0.2) is 0 Å². The fraction of sp³-hybridized carbons (Fsp3) is 0.0500. The van der Waals surface area contributed by atoms with Gasteiger partial charge in [0.2, 0.25) is 0 Å². The van der Waals surface area contributed by atoms with Gasteiger partial charge >= 0.3 is 5.97 Å². The molecule has 10 heteroatoms. The summed E-state index contributed by atoms with van der Waals surface area (Å²) in [5.41, 5.74) is -1.60. The molecular weight excluding hydrogens is 417 g/mol. The van der Waals surface area contributed by atoms with Crippen molar-refractivity contribution in [2.75, 3.05) is 0 Å². The molecule has 0 aliphatic heterocycles. The Morgan fingerprint density at radius 1 is 1.27 bits per heavy atom. The number of nitrogens with one attached hydrogen (secondary N) is 1.